The van der Waals surface area contributed by atoms with Crippen LogP contribution in [0.2, 0.25) is 0 Å². The lowest BCUT2D eigenvalue weighted by Crippen LogP contribution is -2.29. The minimum absolute atomic E-state index is 0.112. The molecule has 0 aliphatic carbocycles. The van der Waals surface area contributed by atoms with Gasteiger partial charge in [0.2, 0.25) is 9.84 Å². The molecule has 1 saturated heterocycles. The Morgan fingerprint density at radius 1 is 1.00 bits per heavy atom. The zero-order valence-electron chi connectivity index (χ0n) is 15.4. The molecule has 3 atom stereocenters. The molecule has 3 aromatic rings. The van der Waals surface area contributed by atoms with E-state index < -0.39 is 15.3 Å². The number of ether oxygens (including phenoxy) is 1. The van der Waals surface area contributed by atoms with E-state index in [-0.39, 0.29) is 16.2 Å². The van der Waals surface area contributed by atoms with Crippen LogP contribution < -0.4 is 5.32 Å². The highest BCUT2D eigenvalue weighted by Crippen LogP contribution is 2.32. The molecule has 146 valence electrons. The highest BCUT2D eigenvalue weighted by Gasteiger charge is 2.32. The Kier molecular flexibility index (Phi) is 5.73. The lowest BCUT2D eigenvalue weighted by Gasteiger charge is -2.21. The van der Waals surface area contributed by atoms with E-state index in [9.17, 15) is 8.42 Å². The van der Waals surface area contributed by atoms with E-state index >= 15 is 0 Å². The Hall–Kier alpha value is -1.86. The van der Waals surface area contributed by atoms with Gasteiger partial charge in [-0.25, -0.2) is 8.42 Å². The van der Waals surface area contributed by atoms with Crippen molar-refractivity contribution in [3.63, 3.8) is 0 Å². The van der Waals surface area contributed by atoms with Gasteiger partial charge in [-0.2, -0.15) is 12.6 Å². The predicted octanol–water partition coefficient (Wildman–Crippen LogP) is 3.99. The summed E-state index contributed by atoms with van der Waals surface area (Å²) in [6.07, 6.45) is 0.862. The third kappa shape index (κ3) is 4.10. The smallest absolute Gasteiger partial charge is 0.209 e. The van der Waals surface area contributed by atoms with Crippen LogP contribution in [0.25, 0.3) is 10.8 Å². The number of hydrogen-bond acceptors (Lipinski definition) is 5. The third-order valence-electron chi connectivity index (χ3n) is 5.05. The van der Waals surface area contributed by atoms with Crippen molar-refractivity contribution in [2.45, 2.75) is 28.0 Å². The van der Waals surface area contributed by atoms with Crippen LogP contribution in [0.3, 0.4) is 0 Å². The van der Waals surface area contributed by atoms with Gasteiger partial charge in [-0.15, -0.1) is 0 Å². The van der Waals surface area contributed by atoms with Crippen LogP contribution in [0.4, 0.5) is 0 Å². The summed E-state index contributed by atoms with van der Waals surface area (Å²) in [5.41, 5.74) is -0.410. The zero-order chi connectivity index (χ0) is 19.6. The van der Waals surface area contributed by atoms with Gasteiger partial charge in [0, 0.05) is 17.8 Å². The average molecular weight is 414 g/mol. The first-order chi connectivity index (χ1) is 13.5. The van der Waals surface area contributed by atoms with Gasteiger partial charge >= 0.3 is 0 Å². The van der Waals surface area contributed by atoms with Gasteiger partial charge in [0.05, 0.1) is 11.5 Å². The van der Waals surface area contributed by atoms with Gasteiger partial charge in [-0.05, 0) is 34.9 Å². The number of sulfone groups is 1. The van der Waals surface area contributed by atoms with Crippen molar-refractivity contribution in [2.75, 3.05) is 13.2 Å². The van der Waals surface area contributed by atoms with E-state index in [0.29, 0.717) is 12.2 Å². The van der Waals surface area contributed by atoms with Crippen molar-refractivity contribution < 1.29 is 13.2 Å². The molecule has 0 aromatic heterocycles. The molecule has 1 aliphatic rings. The van der Waals surface area contributed by atoms with Gasteiger partial charge in [0.1, 0.15) is 0 Å². The maximum absolute atomic E-state index is 13.5. The highest BCUT2D eigenvalue weighted by atomic mass is 32.2. The van der Waals surface area contributed by atoms with Crippen LogP contribution in [-0.2, 0) is 14.6 Å². The summed E-state index contributed by atoms with van der Waals surface area (Å²) < 4.78 is 33.0. The molecule has 1 N–H and O–H groups in total. The molecule has 0 spiro atoms. The second-order valence-electron chi connectivity index (χ2n) is 7.12. The minimum Gasteiger partial charge on any atom is -0.355 e. The second kappa shape index (κ2) is 8.25. The summed E-state index contributed by atoms with van der Waals surface area (Å²) in [6.45, 7) is 1.13. The lowest BCUT2D eigenvalue weighted by molar-refractivity contribution is 0.0896. The molecule has 1 fully saturated rings. The number of benzene rings is 3. The van der Waals surface area contributed by atoms with Crippen molar-refractivity contribution in [1.29, 1.82) is 0 Å². The van der Waals surface area contributed by atoms with E-state index in [1.165, 1.54) is 0 Å². The maximum atomic E-state index is 13.5. The summed E-state index contributed by atoms with van der Waals surface area (Å²) in [6, 6.07) is 22.2. The standard InChI is InChI=1S/C22H23NO3S2/c24-28(25,21-11-10-16-6-4-5-9-18(16)12-21)22(17-7-2-1-3-8-17)26-15-19-13-20(27)14-23-19/h1-12,19-20,22-23,27H,13-15H2/t19-,20+,22?/m0/s1. The first kappa shape index (κ1) is 19.5. The summed E-state index contributed by atoms with van der Waals surface area (Å²) in [7, 11) is -3.72. The molecule has 1 aliphatic heterocycles. The van der Waals surface area contributed by atoms with Crippen LogP contribution in [0.1, 0.15) is 17.4 Å². The molecule has 6 heteroatoms. The van der Waals surface area contributed by atoms with Crippen LogP contribution >= 0.6 is 12.6 Å². The minimum atomic E-state index is -3.72. The Bertz CT molecular complexity index is 1050. The normalized spacial score (nSPS) is 21.0. The zero-order valence-corrected chi connectivity index (χ0v) is 17.1. The van der Waals surface area contributed by atoms with Crippen molar-refractivity contribution in [3.05, 3.63) is 78.4 Å². The molecule has 1 heterocycles. The quantitative estimate of drug-likeness (QED) is 0.600. The molecule has 0 bridgehead atoms. The number of hydrogen-bond donors (Lipinski definition) is 2. The molecular weight excluding hydrogens is 390 g/mol. The summed E-state index contributed by atoms with van der Waals surface area (Å²) in [4.78, 5) is 0.270. The fraction of sp³-hybridized carbons (Fsp3) is 0.273. The molecule has 3 aromatic carbocycles. The maximum Gasteiger partial charge on any atom is 0.209 e. The Balaban J connectivity index is 1.67. The number of thiol groups is 1. The van der Waals surface area contributed by atoms with Gasteiger partial charge in [0.25, 0.3) is 0 Å². The highest BCUT2D eigenvalue weighted by molar-refractivity contribution is 7.91. The topological polar surface area (TPSA) is 55.4 Å². The van der Waals surface area contributed by atoms with E-state index in [0.717, 1.165) is 23.7 Å². The van der Waals surface area contributed by atoms with E-state index in [1.54, 1.807) is 24.3 Å². The molecule has 4 nitrogen and oxygen atoms in total. The second-order valence-corrected chi connectivity index (χ2v) is 9.84. The molecule has 1 unspecified atom stereocenters. The number of nitrogens with one attached hydrogen (secondary N) is 1. The Morgan fingerprint density at radius 3 is 2.43 bits per heavy atom. The summed E-state index contributed by atoms with van der Waals surface area (Å²) >= 11 is 4.48. The van der Waals surface area contributed by atoms with Gasteiger partial charge < -0.3 is 10.1 Å². The summed E-state index contributed by atoms with van der Waals surface area (Å²) in [5.74, 6) is 0. The monoisotopic (exact) mass is 413 g/mol. The molecule has 0 saturated carbocycles. The molecule has 0 amide bonds. The van der Waals surface area contributed by atoms with Crippen LogP contribution in [0, 0.1) is 0 Å². The van der Waals surface area contributed by atoms with Crippen molar-refractivity contribution in [2.24, 2.45) is 0 Å². The molecule has 0 radical (unpaired) electrons. The van der Waals surface area contributed by atoms with E-state index in [1.807, 2.05) is 48.5 Å². The molecule has 4 rings (SSSR count). The van der Waals surface area contributed by atoms with Gasteiger partial charge in [-0.1, -0.05) is 60.7 Å². The van der Waals surface area contributed by atoms with E-state index in [4.69, 9.17) is 4.74 Å². The van der Waals surface area contributed by atoms with Crippen LogP contribution in [0.15, 0.2) is 77.7 Å². The van der Waals surface area contributed by atoms with Gasteiger partial charge in [0.15, 0.2) is 5.44 Å². The number of fused-ring (bicyclic) bond motifs is 1. The fourth-order valence-electron chi connectivity index (χ4n) is 3.57. The fourth-order valence-corrected chi connectivity index (χ4v) is 5.50. The van der Waals surface area contributed by atoms with Crippen molar-refractivity contribution in [3.8, 4) is 0 Å². The van der Waals surface area contributed by atoms with Crippen molar-refractivity contribution in [1.82, 2.24) is 5.32 Å². The molecular formula is C22H23NO3S2. The largest absolute Gasteiger partial charge is 0.355 e. The van der Waals surface area contributed by atoms with Crippen molar-refractivity contribution >= 4 is 33.2 Å². The van der Waals surface area contributed by atoms with Gasteiger partial charge in [-0.3, -0.25) is 0 Å². The van der Waals surface area contributed by atoms with Crippen LogP contribution in [0.5, 0.6) is 0 Å². The molecule has 28 heavy (non-hydrogen) atoms. The SMILES string of the molecule is O=S(=O)(c1ccc2ccccc2c1)C(OC[C@@H]1C[C@@H](S)CN1)c1ccccc1. The number of rotatable bonds is 6. The average Bonchev–Trinajstić information content (AvgIpc) is 3.13. The first-order valence-electron chi connectivity index (χ1n) is 9.35. The third-order valence-corrected chi connectivity index (χ3v) is 7.33. The first-order valence-corrected chi connectivity index (χ1v) is 11.4. The lowest BCUT2D eigenvalue weighted by atomic mass is 10.1. The Morgan fingerprint density at radius 2 is 1.71 bits per heavy atom. The van der Waals surface area contributed by atoms with E-state index in [2.05, 4.69) is 17.9 Å². The van der Waals surface area contributed by atoms with Crippen LogP contribution in [-0.4, -0.2) is 32.9 Å². The Labute approximate surface area is 171 Å². The predicted molar refractivity (Wildman–Crippen MR) is 115 cm³/mol. The summed E-state index contributed by atoms with van der Waals surface area (Å²) in [5, 5.41) is 5.51.